The van der Waals surface area contributed by atoms with E-state index in [2.05, 4.69) is 15.1 Å². The number of nitrogens with two attached hydrogens (primary N) is 1. The van der Waals surface area contributed by atoms with E-state index in [1.165, 1.54) is 0 Å². The number of hydrogen-bond donors (Lipinski definition) is 1. The van der Waals surface area contributed by atoms with Gasteiger partial charge in [0.05, 0.1) is 12.3 Å². The molecule has 90 valence electrons. The maximum atomic E-state index is 5.77. The predicted molar refractivity (Wildman–Crippen MR) is 62.1 cm³/mol. The van der Waals surface area contributed by atoms with Crippen molar-refractivity contribution in [3.8, 4) is 11.6 Å². The second-order valence-corrected chi connectivity index (χ2v) is 3.40. The molecule has 2 aromatic heterocycles. The molecule has 0 aliphatic rings. The Hall–Kier alpha value is -1.95. The normalized spacial score (nSPS) is 10.6. The van der Waals surface area contributed by atoms with Crippen LogP contribution in [0.1, 0.15) is 12.7 Å². The van der Waals surface area contributed by atoms with Crippen molar-refractivity contribution in [2.45, 2.75) is 13.3 Å². The maximum absolute atomic E-state index is 5.77. The average Bonchev–Trinajstić information content (AvgIpc) is 2.79. The Labute approximate surface area is 98.8 Å². The molecule has 17 heavy (non-hydrogen) atoms. The summed E-state index contributed by atoms with van der Waals surface area (Å²) in [4.78, 5) is 8.32. The summed E-state index contributed by atoms with van der Waals surface area (Å²) in [7, 11) is 0. The summed E-state index contributed by atoms with van der Waals surface area (Å²) in [5.74, 6) is 0.938. The first-order valence-corrected chi connectivity index (χ1v) is 5.42. The first-order chi connectivity index (χ1) is 8.31. The quantitative estimate of drug-likeness (QED) is 0.784. The smallest absolute Gasteiger partial charge is 0.278 e. The van der Waals surface area contributed by atoms with E-state index in [0.717, 1.165) is 0 Å². The zero-order valence-corrected chi connectivity index (χ0v) is 9.59. The predicted octanol–water partition coefficient (Wildman–Crippen LogP) is 1.29. The number of hydrogen-bond acceptors (Lipinski definition) is 6. The van der Waals surface area contributed by atoms with Crippen LogP contribution in [0.2, 0.25) is 0 Å². The van der Waals surface area contributed by atoms with Gasteiger partial charge in [-0.25, -0.2) is 4.98 Å². The fourth-order valence-corrected chi connectivity index (χ4v) is 1.36. The molecule has 0 atom stereocenters. The number of pyridine rings is 1. The summed E-state index contributed by atoms with van der Waals surface area (Å²) >= 11 is 0. The molecule has 0 spiro atoms. The minimum atomic E-state index is 0.342. The molecule has 0 aromatic carbocycles. The summed E-state index contributed by atoms with van der Waals surface area (Å²) in [6.45, 7) is 3.20. The van der Waals surface area contributed by atoms with Crippen LogP contribution in [-0.2, 0) is 11.2 Å². The Morgan fingerprint density at radius 1 is 1.47 bits per heavy atom. The van der Waals surface area contributed by atoms with Crippen molar-refractivity contribution in [2.24, 2.45) is 0 Å². The first kappa shape index (κ1) is 11.5. The average molecular weight is 234 g/mol. The molecule has 0 fully saturated rings. The highest BCUT2D eigenvalue weighted by Crippen LogP contribution is 2.20. The van der Waals surface area contributed by atoms with Gasteiger partial charge in [-0.05, 0) is 19.1 Å². The summed E-state index contributed by atoms with van der Waals surface area (Å²) in [6.07, 6.45) is 2.25. The van der Waals surface area contributed by atoms with Crippen LogP contribution in [0.25, 0.3) is 11.6 Å². The van der Waals surface area contributed by atoms with Gasteiger partial charge >= 0.3 is 0 Å². The van der Waals surface area contributed by atoms with Crippen LogP contribution in [-0.4, -0.2) is 28.3 Å². The fraction of sp³-hybridized carbons (Fsp3) is 0.364. The zero-order valence-electron chi connectivity index (χ0n) is 9.59. The molecular weight excluding hydrogens is 220 g/mol. The summed E-state index contributed by atoms with van der Waals surface area (Å²) in [5, 5.41) is 3.84. The lowest BCUT2D eigenvalue weighted by atomic mass is 10.3. The Kier molecular flexibility index (Phi) is 3.66. The van der Waals surface area contributed by atoms with Crippen LogP contribution in [0.15, 0.2) is 22.9 Å². The minimum Gasteiger partial charge on any atom is -0.397 e. The highest BCUT2D eigenvalue weighted by Gasteiger charge is 2.12. The van der Waals surface area contributed by atoms with Gasteiger partial charge in [-0.2, -0.15) is 4.98 Å². The number of anilines is 1. The van der Waals surface area contributed by atoms with Crippen molar-refractivity contribution in [1.29, 1.82) is 0 Å². The minimum absolute atomic E-state index is 0.342. The number of nitrogens with zero attached hydrogens (tertiary/aromatic N) is 3. The van der Waals surface area contributed by atoms with E-state index in [4.69, 9.17) is 15.0 Å². The Balaban J connectivity index is 2.10. The molecular formula is C11H14N4O2. The SMILES string of the molecule is CCOCCc1noc(-c2ncccc2N)n1. The molecule has 6 nitrogen and oxygen atoms in total. The van der Waals surface area contributed by atoms with Crippen molar-refractivity contribution in [2.75, 3.05) is 18.9 Å². The highest BCUT2D eigenvalue weighted by molar-refractivity contribution is 5.65. The lowest BCUT2D eigenvalue weighted by Gasteiger charge is -1.97. The van der Waals surface area contributed by atoms with Crippen molar-refractivity contribution >= 4 is 5.69 Å². The topological polar surface area (TPSA) is 87.1 Å². The molecule has 0 aliphatic carbocycles. The van der Waals surface area contributed by atoms with E-state index in [1.54, 1.807) is 18.3 Å². The van der Waals surface area contributed by atoms with Crippen LogP contribution >= 0.6 is 0 Å². The maximum Gasteiger partial charge on any atom is 0.278 e. The molecule has 2 aromatic rings. The third kappa shape index (κ3) is 2.79. The Bertz CT molecular complexity index is 484. The lowest BCUT2D eigenvalue weighted by Crippen LogP contribution is -1.99. The van der Waals surface area contributed by atoms with Gasteiger partial charge < -0.3 is 15.0 Å². The van der Waals surface area contributed by atoms with Gasteiger partial charge in [0.2, 0.25) is 0 Å². The molecule has 6 heteroatoms. The Morgan fingerprint density at radius 2 is 2.35 bits per heavy atom. The van der Waals surface area contributed by atoms with E-state index < -0.39 is 0 Å². The second-order valence-electron chi connectivity index (χ2n) is 3.40. The molecule has 0 saturated carbocycles. The summed E-state index contributed by atoms with van der Waals surface area (Å²) < 4.78 is 10.3. The van der Waals surface area contributed by atoms with Crippen LogP contribution in [0.5, 0.6) is 0 Å². The van der Waals surface area contributed by atoms with Crippen molar-refractivity contribution in [3.05, 3.63) is 24.2 Å². The van der Waals surface area contributed by atoms with E-state index in [1.807, 2.05) is 6.92 Å². The number of nitrogen functional groups attached to an aromatic ring is 1. The van der Waals surface area contributed by atoms with Crippen LogP contribution in [0, 0.1) is 0 Å². The third-order valence-corrected chi connectivity index (χ3v) is 2.18. The second kappa shape index (κ2) is 5.40. The molecule has 2 N–H and O–H groups in total. The molecule has 0 bridgehead atoms. The van der Waals surface area contributed by atoms with Gasteiger partial charge in [0.25, 0.3) is 5.89 Å². The molecule has 0 unspecified atom stereocenters. The monoisotopic (exact) mass is 234 g/mol. The van der Waals surface area contributed by atoms with Crippen LogP contribution in [0.4, 0.5) is 5.69 Å². The van der Waals surface area contributed by atoms with E-state index in [0.29, 0.717) is 42.7 Å². The third-order valence-electron chi connectivity index (χ3n) is 2.18. The summed E-state index contributed by atoms with van der Waals surface area (Å²) in [6, 6.07) is 3.50. The van der Waals surface area contributed by atoms with Crippen LogP contribution < -0.4 is 5.73 Å². The van der Waals surface area contributed by atoms with Crippen molar-refractivity contribution < 1.29 is 9.26 Å². The number of aromatic nitrogens is 3. The largest absolute Gasteiger partial charge is 0.397 e. The zero-order chi connectivity index (χ0) is 12.1. The van der Waals surface area contributed by atoms with Crippen molar-refractivity contribution in [3.63, 3.8) is 0 Å². The van der Waals surface area contributed by atoms with Gasteiger partial charge in [-0.1, -0.05) is 5.16 Å². The van der Waals surface area contributed by atoms with Gasteiger partial charge in [-0.15, -0.1) is 0 Å². The molecule has 0 amide bonds. The van der Waals surface area contributed by atoms with E-state index in [9.17, 15) is 0 Å². The van der Waals surface area contributed by atoms with E-state index >= 15 is 0 Å². The fourth-order valence-electron chi connectivity index (χ4n) is 1.36. The lowest BCUT2D eigenvalue weighted by molar-refractivity contribution is 0.149. The molecule has 0 saturated heterocycles. The molecule has 0 radical (unpaired) electrons. The van der Waals surface area contributed by atoms with E-state index in [-0.39, 0.29) is 0 Å². The van der Waals surface area contributed by atoms with Gasteiger partial charge in [0.15, 0.2) is 11.5 Å². The van der Waals surface area contributed by atoms with Gasteiger partial charge in [0.1, 0.15) is 0 Å². The molecule has 2 rings (SSSR count). The highest BCUT2D eigenvalue weighted by atomic mass is 16.5. The Morgan fingerprint density at radius 3 is 3.12 bits per heavy atom. The van der Waals surface area contributed by atoms with Gasteiger partial charge in [0, 0.05) is 19.2 Å². The standard InChI is InChI=1S/C11H14N4O2/c1-2-16-7-5-9-14-11(17-15-9)10-8(12)4-3-6-13-10/h3-4,6H,2,5,7,12H2,1H3. The molecule has 2 heterocycles. The summed E-state index contributed by atoms with van der Waals surface area (Å²) in [5.41, 5.74) is 6.81. The number of rotatable bonds is 5. The van der Waals surface area contributed by atoms with Crippen molar-refractivity contribution in [1.82, 2.24) is 15.1 Å². The van der Waals surface area contributed by atoms with Gasteiger partial charge in [-0.3, -0.25) is 0 Å². The first-order valence-electron chi connectivity index (χ1n) is 5.42. The molecule has 0 aliphatic heterocycles. The number of ether oxygens (including phenoxy) is 1. The van der Waals surface area contributed by atoms with Crippen LogP contribution in [0.3, 0.4) is 0 Å².